The van der Waals surface area contributed by atoms with Crippen molar-refractivity contribution in [3.8, 4) is 22.6 Å². The number of ether oxygens (including phenoxy) is 2. The lowest BCUT2D eigenvalue weighted by atomic mass is 10.0. The van der Waals surface area contributed by atoms with E-state index < -0.39 is 59.6 Å². The van der Waals surface area contributed by atoms with E-state index in [2.05, 4.69) is 4.74 Å². The van der Waals surface area contributed by atoms with Gasteiger partial charge in [-0.2, -0.15) is 13.2 Å². The van der Waals surface area contributed by atoms with Gasteiger partial charge in [0, 0.05) is 17.7 Å². The number of hydrogen-bond acceptors (Lipinski definition) is 2. The summed E-state index contributed by atoms with van der Waals surface area (Å²) in [5.74, 6) is -9.71. The van der Waals surface area contributed by atoms with E-state index in [0.717, 1.165) is 24.5 Å². The summed E-state index contributed by atoms with van der Waals surface area (Å²) < 4.78 is 122. The number of halogens is 8. The molecule has 0 aliphatic heterocycles. The molecule has 0 saturated carbocycles. The van der Waals surface area contributed by atoms with E-state index in [4.69, 9.17) is 4.74 Å². The third kappa shape index (κ3) is 7.36. The molecule has 0 aromatic heterocycles. The summed E-state index contributed by atoms with van der Waals surface area (Å²) in [5, 5.41) is 0. The summed E-state index contributed by atoms with van der Waals surface area (Å²) in [6.07, 6.45) is -3.70. The van der Waals surface area contributed by atoms with Crippen LogP contribution >= 0.6 is 0 Å². The molecule has 4 rings (SSSR count). The monoisotopic (exact) mass is 580 g/mol. The maximum absolute atomic E-state index is 14.8. The number of rotatable bonds is 11. The quantitative estimate of drug-likeness (QED) is 0.130. The van der Waals surface area contributed by atoms with Gasteiger partial charge in [-0.1, -0.05) is 49.7 Å². The Balaban J connectivity index is 1.37. The molecule has 4 aromatic rings. The normalized spacial score (nSPS) is 11.5. The van der Waals surface area contributed by atoms with Gasteiger partial charge in [-0.15, -0.1) is 0 Å². The molecule has 0 aliphatic rings. The van der Waals surface area contributed by atoms with E-state index in [0.29, 0.717) is 5.56 Å². The Labute approximate surface area is 231 Å². The van der Waals surface area contributed by atoms with Crippen LogP contribution in [0.3, 0.4) is 0 Å². The molecule has 41 heavy (non-hydrogen) atoms. The van der Waals surface area contributed by atoms with Gasteiger partial charge in [-0.05, 0) is 53.3 Å². The molecule has 0 fully saturated rings. The van der Waals surface area contributed by atoms with Gasteiger partial charge in [0.2, 0.25) is 5.82 Å². The number of benzene rings is 4. The van der Waals surface area contributed by atoms with Crippen LogP contribution in [0, 0.1) is 34.9 Å². The van der Waals surface area contributed by atoms with Crippen molar-refractivity contribution < 1.29 is 44.6 Å². The molecule has 0 N–H and O–H groups in total. The third-order valence-electron chi connectivity index (χ3n) is 6.27. The SMILES string of the molecule is CCCc1ccc(-c2ccc(OCc3ccc(CCC(F)(F)Oc4cc(F)c(F)c(F)c4)c(F)c3)c(F)c2F)cc1. The smallest absolute Gasteiger partial charge is 0.398 e. The van der Waals surface area contributed by atoms with Crippen LogP contribution in [0.1, 0.15) is 36.5 Å². The lowest BCUT2D eigenvalue weighted by Crippen LogP contribution is -2.25. The Morgan fingerprint density at radius 1 is 0.659 bits per heavy atom. The van der Waals surface area contributed by atoms with Crippen molar-refractivity contribution in [3.63, 3.8) is 0 Å². The first kappa shape index (κ1) is 29.9. The summed E-state index contributed by atoms with van der Waals surface area (Å²) in [4.78, 5) is 0. The minimum atomic E-state index is -3.95. The fourth-order valence-corrected chi connectivity index (χ4v) is 4.15. The lowest BCUT2D eigenvalue weighted by Gasteiger charge is -2.18. The zero-order chi connectivity index (χ0) is 29.7. The maximum atomic E-state index is 14.8. The van der Waals surface area contributed by atoms with E-state index in [-0.39, 0.29) is 41.2 Å². The largest absolute Gasteiger partial charge is 0.486 e. The molecule has 0 heterocycles. The van der Waals surface area contributed by atoms with E-state index in [1.807, 2.05) is 19.1 Å². The average Bonchev–Trinajstić information content (AvgIpc) is 2.92. The Bertz CT molecular complexity index is 1500. The van der Waals surface area contributed by atoms with Crippen molar-refractivity contribution in [1.29, 1.82) is 0 Å². The maximum Gasteiger partial charge on any atom is 0.398 e. The third-order valence-corrected chi connectivity index (χ3v) is 6.27. The van der Waals surface area contributed by atoms with Crippen molar-refractivity contribution in [2.45, 2.75) is 45.3 Å². The second kappa shape index (κ2) is 12.6. The highest BCUT2D eigenvalue weighted by molar-refractivity contribution is 5.65. The molecule has 0 amide bonds. The second-order valence-corrected chi connectivity index (χ2v) is 9.34. The molecule has 0 radical (unpaired) electrons. The summed E-state index contributed by atoms with van der Waals surface area (Å²) in [5.41, 5.74) is 1.74. The van der Waals surface area contributed by atoms with E-state index in [1.54, 1.807) is 12.1 Å². The molecule has 0 atom stereocenters. The summed E-state index contributed by atoms with van der Waals surface area (Å²) in [6.45, 7) is 1.70. The molecular weight excluding hydrogens is 556 g/mol. The van der Waals surface area contributed by atoms with Crippen LogP contribution < -0.4 is 9.47 Å². The van der Waals surface area contributed by atoms with Crippen molar-refractivity contribution in [3.05, 3.63) is 118 Å². The Hall–Kier alpha value is -4.08. The van der Waals surface area contributed by atoms with Crippen molar-refractivity contribution in [2.24, 2.45) is 0 Å². The average molecular weight is 581 g/mol. The first-order valence-electron chi connectivity index (χ1n) is 12.7. The molecule has 0 spiro atoms. The van der Waals surface area contributed by atoms with Gasteiger partial charge in [0.05, 0.1) is 6.42 Å². The predicted octanol–water partition coefficient (Wildman–Crippen LogP) is 9.32. The van der Waals surface area contributed by atoms with E-state index >= 15 is 0 Å². The topological polar surface area (TPSA) is 18.5 Å². The van der Waals surface area contributed by atoms with Gasteiger partial charge in [0.15, 0.2) is 29.0 Å². The molecule has 4 aromatic carbocycles. The molecule has 10 heteroatoms. The van der Waals surface area contributed by atoms with Crippen molar-refractivity contribution in [2.75, 3.05) is 0 Å². The Morgan fingerprint density at radius 3 is 1.95 bits per heavy atom. The molecule has 216 valence electrons. The Morgan fingerprint density at radius 2 is 1.32 bits per heavy atom. The van der Waals surface area contributed by atoms with E-state index in [1.165, 1.54) is 24.3 Å². The highest BCUT2D eigenvalue weighted by Crippen LogP contribution is 2.32. The van der Waals surface area contributed by atoms with Crippen LogP contribution in [-0.2, 0) is 19.4 Å². The van der Waals surface area contributed by atoms with Crippen LogP contribution in [0.2, 0.25) is 0 Å². The molecule has 0 aliphatic carbocycles. The lowest BCUT2D eigenvalue weighted by molar-refractivity contribution is -0.180. The molecule has 0 saturated heterocycles. The highest BCUT2D eigenvalue weighted by Gasteiger charge is 2.32. The first-order valence-corrected chi connectivity index (χ1v) is 12.7. The van der Waals surface area contributed by atoms with E-state index in [9.17, 15) is 35.1 Å². The fourth-order valence-electron chi connectivity index (χ4n) is 4.15. The van der Waals surface area contributed by atoms with Crippen LogP contribution in [0.15, 0.2) is 66.7 Å². The van der Waals surface area contributed by atoms with Crippen molar-refractivity contribution in [1.82, 2.24) is 0 Å². The first-order chi connectivity index (χ1) is 19.5. The Kier molecular flexibility index (Phi) is 9.20. The van der Waals surface area contributed by atoms with Crippen LogP contribution in [0.25, 0.3) is 11.1 Å². The molecule has 2 nitrogen and oxygen atoms in total. The van der Waals surface area contributed by atoms with Crippen LogP contribution in [0.5, 0.6) is 11.5 Å². The number of alkyl halides is 2. The molecular formula is C31H24F8O2. The molecule has 0 bridgehead atoms. The van der Waals surface area contributed by atoms with Gasteiger partial charge in [0.25, 0.3) is 0 Å². The summed E-state index contributed by atoms with van der Waals surface area (Å²) in [6, 6.07) is 13.9. The van der Waals surface area contributed by atoms with Gasteiger partial charge in [0.1, 0.15) is 18.2 Å². The fraction of sp³-hybridized carbons (Fsp3) is 0.226. The minimum absolute atomic E-state index is 0.0591. The molecule has 0 unspecified atom stereocenters. The second-order valence-electron chi connectivity index (χ2n) is 9.34. The van der Waals surface area contributed by atoms with Gasteiger partial charge in [-0.3, -0.25) is 0 Å². The van der Waals surface area contributed by atoms with Crippen LogP contribution in [0.4, 0.5) is 35.1 Å². The van der Waals surface area contributed by atoms with Crippen LogP contribution in [-0.4, -0.2) is 6.11 Å². The highest BCUT2D eigenvalue weighted by atomic mass is 19.3. The zero-order valence-electron chi connectivity index (χ0n) is 21.7. The van der Waals surface area contributed by atoms with Gasteiger partial charge in [-0.25, -0.2) is 22.0 Å². The number of hydrogen-bond donors (Lipinski definition) is 0. The standard InChI is InChI=1S/C31H24F8O2/c1-2-3-18-4-7-20(8-5-18)23-10-11-27(30(37)28(23)35)40-17-19-6-9-21(24(32)14-19)12-13-31(38,39)41-22-15-25(33)29(36)26(34)16-22/h4-11,14-16H,2-3,12-13,17H2,1H3. The summed E-state index contributed by atoms with van der Waals surface area (Å²) in [7, 11) is 0. The van der Waals surface area contributed by atoms with Gasteiger partial charge < -0.3 is 9.47 Å². The number of aryl methyl sites for hydroxylation is 2. The predicted molar refractivity (Wildman–Crippen MR) is 137 cm³/mol. The zero-order valence-corrected chi connectivity index (χ0v) is 21.7. The minimum Gasteiger partial charge on any atom is -0.486 e. The van der Waals surface area contributed by atoms with Crippen molar-refractivity contribution >= 4 is 0 Å². The summed E-state index contributed by atoms with van der Waals surface area (Å²) >= 11 is 0. The van der Waals surface area contributed by atoms with Gasteiger partial charge >= 0.3 is 6.11 Å².